The van der Waals surface area contributed by atoms with Crippen LogP contribution in [-0.4, -0.2) is 29.2 Å². The average Bonchev–Trinajstić information content (AvgIpc) is 3.03. The van der Waals surface area contributed by atoms with Crippen molar-refractivity contribution in [1.29, 1.82) is 0 Å². The van der Waals surface area contributed by atoms with Crippen molar-refractivity contribution in [2.45, 2.75) is 36.8 Å². The molecule has 1 saturated heterocycles. The molecule has 0 unspecified atom stereocenters. The lowest BCUT2D eigenvalue weighted by Crippen LogP contribution is -2.34. The van der Waals surface area contributed by atoms with Crippen LogP contribution in [0.4, 0.5) is 5.69 Å². The number of benzene rings is 2. The molecule has 6 heteroatoms. The van der Waals surface area contributed by atoms with E-state index >= 15 is 0 Å². The number of imide groups is 1. The van der Waals surface area contributed by atoms with Crippen molar-refractivity contribution in [3.05, 3.63) is 71.8 Å². The van der Waals surface area contributed by atoms with Gasteiger partial charge in [-0.2, -0.15) is 0 Å². The van der Waals surface area contributed by atoms with E-state index in [4.69, 9.17) is 0 Å². The van der Waals surface area contributed by atoms with E-state index in [-0.39, 0.29) is 42.5 Å². The molecule has 1 aliphatic heterocycles. The Kier molecular flexibility index (Phi) is 6.56. The van der Waals surface area contributed by atoms with E-state index in [0.29, 0.717) is 12.8 Å². The number of anilines is 1. The van der Waals surface area contributed by atoms with Gasteiger partial charge in [0, 0.05) is 29.3 Å². The van der Waals surface area contributed by atoms with Crippen LogP contribution in [0.25, 0.3) is 0 Å². The minimum atomic E-state index is -0.246. The molecule has 0 bridgehead atoms. The predicted molar refractivity (Wildman–Crippen MR) is 123 cm³/mol. The second kappa shape index (κ2) is 9.52. The zero-order valence-electron chi connectivity index (χ0n) is 17.5. The van der Waals surface area contributed by atoms with Crippen LogP contribution in [0.5, 0.6) is 0 Å². The van der Waals surface area contributed by atoms with Crippen LogP contribution in [0, 0.1) is 18.8 Å². The van der Waals surface area contributed by atoms with E-state index in [9.17, 15) is 14.4 Å². The van der Waals surface area contributed by atoms with Crippen LogP contribution in [0.1, 0.15) is 30.4 Å². The number of carbonyl (C=O) groups is 3. The lowest BCUT2D eigenvalue weighted by molar-refractivity contribution is -0.140. The molecule has 5 nitrogen and oxygen atoms in total. The van der Waals surface area contributed by atoms with Gasteiger partial charge in [-0.1, -0.05) is 42.5 Å². The van der Waals surface area contributed by atoms with Crippen LogP contribution < -0.4 is 5.32 Å². The molecule has 0 radical (unpaired) electrons. The summed E-state index contributed by atoms with van der Waals surface area (Å²) < 4.78 is 0. The summed E-state index contributed by atoms with van der Waals surface area (Å²) in [5.41, 5.74) is 2.94. The molecule has 0 spiro atoms. The number of likely N-dealkylation sites (tertiary alicyclic amines) is 1. The first-order chi connectivity index (χ1) is 15.0. The molecule has 31 heavy (non-hydrogen) atoms. The Bertz CT molecular complexity index is 993. The third kappa shape index (κ3) is 4.90. The third-order valence-electron chi connectivity index (χ3n) is 5.87. The van der Waals surface area contributed by atoms with Gasteiger partial charge < -0.3 is 5.32 Å². The molecule has 1 N–H and O–H groups in total. The van der Waals surface area contributed by atoms with Gasteiger partial charge in [0.15, 0.2) is 0 Å². The van der Waals surface area contributed by atoms with Crippen LogP contribution >= 0.6 is 11.8 Å². The molecule has 1 aliphatic carbocycles. The number of hydrogen-bond acceptors (Lipinski definition) is 4. The van der Waals surface area contributed by atoms with Crippen molar-refractivity contribution < 1.29 is 14.4 Å². The number of aryl methyl sites for hydroxylation is 1. The molecule has 3 amide bonds. The van der Waals surface area contributed by atoms with Gasteiger partial charge in [-0.25, -0.2) is 0 Å². The number of nitrogens with one attached hydrogen (secondary N) is 1. The van der Waals surface area contributed by atoms with Crippen molar-refractivity contribution in [2.24, 2.45) is 11.8 Å². The number of rotatable bonds is 7. The number of fused-ring (bicyclic) bond motifs is 1. The van der Waals surface area contributed by atoms with Crippen molar-refractivity contribution in [2.75, 3.05) is 11.9 Å². The molecule has 2 aromatic carbocycles. The first-order valence-electron chi connectivity index (χ1n) is 10.6. The van der Waals surface area contributed by atoms with Gasteiger partial charge >= 0.3 is 0 Å². The van der Waals surface area contributed by atoms with E-state index in [1.807, 2.05) is 49.4 Å². The van der Waals surface area contributed by atoms with E-state index in [1.165, 1.54) is 15.4 Å². The fraction of sp³-hybridized carbons (Fsp3) is 0.320. The SMILES string of the molecule is Cc1cc(CSc2ccccc2)ccc1NC(=O)CCN1C(=O)[C@H]2CC=CC[C@H]2C1=O. The largest absolute Gasteiger partial charge is 0.326 e. The zero-order valence-corrected chi connectivity index (χ0v) is 18.4. The number of carbonyl (C=O) groups excluding carboxylic acids is 3. The van der Waals surface area contributed by atoms with Gasteiger partial charge in [-0.05, 0) is 49.1 Å². The van der Waals surface area contributed by atoms with Gasteiger partial charge in [0.1, 0.15) is 0 Å². The Morgan fingerprint density at radius 2 is 1.71 bits per heavy atom. The monoisotopic (exact) mass is 434 g/mol. The fourth-order valence-corrected chi connectivity index (χ4v) is 5.02. The van der Waals surface area contributed by atoms with E-state index in [1.54, 1.807) is 11.8 Å². The summed E-state index contributed by atoms with van der Waals surface area (Å²) in [6.07, 6.45) is 5.27. The maximum Gasteiger partial charge on any atom is 0.233 e. The Morgan fingerprint density at radius 3 is 2.35 bits per heavy atom. The van der Waals surface area contributed by atoms with Gasteiger partial charge in [-0.15, -0.1) is 11.8 Å². The highest BCUT2D eigenvalue weighted by atomic mass is 32.2. The van der Waals surface area contributed by atoms with Crippen LogP contribution in [-0.2, 0) is 20.1 Å². The molecule has 160 valence electrons. The summed E-state index contributed by atoms with van der Waals surface area (Å²) in [4.78, 5) is 40.0. The number of amides is 3. The maximum absolute atomic E-state index is 12.5. The number of allylic oxidation sites excluding steroid dienone is 2. The quantitative estimate of drug-likeness (QED) is 0.394. The van der Waals surface area contributed by atoms with Gasteiger partial charge in [0.05, 0.1) is 11.8 Å². The molecule has 2 aromatic rings. The lowest BCUT2D eigenvalue weighted by Gasteiger charge is -2.15. The Balaban J connectivity index is 1.29. The molecule has 0 aromatic heterocycles. The zero-order chi connectivity index (χ0) is 21.8. The number of nitrogens with zero attached hydrogens (tertiary/aromatic N) is 1. The predicted octanol–water partition coefficient (Wildman–Crippen LogP) is 4.57. The normalized spacial score (nSPS) is 20.1. The number of thioether (sulfide) groups is 1. The van der Waals surface area contributed by atoms with Gasteiger partial charge in [0.2, 0.25) is 17.7 Å². The van der Waals surface area contributed by atoms with Gasteiger partial charge in [-0.3, -0.25) is 19.3 Å². The first-order valence-corrected chi connectivity index (χ1v) is 11.6. The van der Waals surface area contributed by atoms with E-state index in [0.717, 1.165) is 17.0 Å². The molecule has 4 rings (SSSR count). The van der Waals surface area contributed by atoms with Crippen molar-refractivity contribution in [1.82, 2.24) is 4.90 Å². The first kappa shape index (κ1) is 21.4. The summed E-state index contributed by atoms with van der Waals surface area (Å²) >= 11 is 1.77. The molecule has 0 saturated carbocycles. The Hall–Kier alpha value is -2.86. The highest BCUT2D eigenvalue weighted by molar-refractivity contribution is 7.98. The van der Waals surface area contributed by atoms with E-state index < -0.39 is 0 Å². The fourth-order valence-electron chi connectivity index (χ4n) is 4.15. The van der Waals surface area contributed by atoms with Crippen LogP contribution in [0.15, 0.2) is 65.6 Å². The third-order valence-corrected chi connectivity index (χ3v) is 6.96. The molecular weight excluding hydrogens is 408 g/mol. The highest BCUT2D eigenvalue weighted by Gasteiger charge is 2.46. The smallest absolute Gasteiger partial charge is 0.233 e. The standard InChI is InChI=1S/C25H26N2O3S/c1-17-15-18(16-31-19-7-3-2-4-8-19)11-12-22(17)26-23(28)13-14-27-24(29)20-9-5-6-10-21(20)25(27)30/h2-8,11-12,15,20-21H,9-10,13-14,16H2,1H3,(H,26,28)/t20-,21+. The van der Waals surface area contributed by atoms with Crippen molar-refractivity contribution in [3.8, 4) is 0 Å². The maximum atomic E-state index is 12.5. The van der Waals surface area contributed by atoms with Crippen LogP contribution in [0.2, 0.25) is 0 Å². The summed E-state index contributed by atoms with van der Waals surface area (Å²) in [6.45, 7) is 2.11. The van der Waals surface area contributed by atoms with Crippen molar-refractivity contribution in [3.63, 3.8) is 0 Å². The topological polar surface area (TPSA) is 66.5 Å². The summed E-state index contributed by atoms with van der Waals surface area (Å²) in [6, 6.07) is 16.3. The molecular formula is C25H26N2O3S. The molecule has 2 aliphatic rings. The van der Waals surface area contributed by atoms with Crippen molar-refractivity contribution >= 4 is 35.2 Å². The second-order valence-electron chi connectivity index (χ2n) is 8.03. The summed E-state index contributed by atoms with van der Waals surface area (Å²) in [5.74, 6) is -0.0985. The Labute approximate surface area is 186 Å². The highest BCUT2D eigenvalue weighted by Crippen LogP contribution is 2.35. The Morgan fingerprint density at radius 1 is 1.03 bits per heavy atom. The summed E-state index contributed by atoms with van der Waals surface area (Å²) in [5, 5.41) is 2.92. The van der Waals surface area contributed by atoms with Gasteiger partial charge in [0.25, 0.3) is 0 Å². The second-order valence-corrected chi connectivity index (χ2v) is 9.08. The lowest BCUT2D eigenvalue weighted by atomic mass is 9.85. The minimum absolute atomic E-state index is 0.107. The molecule has 2 atom stereocenters. The summed E-state index contributed by atoms with van der Waals surface area (Å²) in [7, 11) is 0. The molecule has 1 fully saturated rings. The van der Waals surface area contributed by atoms with Crippen LogP contribution in [0.3, 0.4) is 0 Å². The minimum Gasteiger partial charge on any atom is -0.326 e. The average molecular weight is 435 g/mol. The molecule has 1 heterocycles. The number of hydrogen-bond donors (Lipinski definition) is 1. The van der Waals surface area contributed by atoms with E-state index in [2.05, 4.69) is 23.5 Å².